The highest BCUT2D eigenvalue weighted by atomic mass is 19.4. The maximum Gasteiger partial charge on any atom is 0.418 e. The van der Waals surface area contributed by atoms with Crippen LogP contribution in [0.25, 0.3) is 0 Å². The number of benzene rings is 2. The minimum Gasteiger partial charge on any atom is -0.349 e. The minimum absolute atomic E-state index is 0.0104. The van der Waals surface area contributed by atoms with Crippen LogP contribution >= 0.6 is 0 Å². The molecular weight excluding hydrogens is 449 g/mol. The molecule has 0 saturated carbocycles. The predicted molar refractivity (Wildman–Crippen MR) is 121 cm³/mol. The molecule has 0 bridgehead atoms. The number of carbonyl (C=O) groups excluding carboxylic acids is 3. The van der Waals surface area contributed by atoms with Crippen LogP contribution in [0, 0.1) is 0 Å². The van der Waals surface area contributed by atoms with Crippen molar-refractivity contribution >= 4 is 23.4 Å². The van der Waals surface area contributed by atoms with E-state index in [4.69, 9.17) is 0 Å². The second kappa shape index (κ2) is 11.1. The zero-order chi connectivity index (χ0) is 24.7. The summed E-state index contributed by atoms with van der Waals surface area (Å²) in [5, 5.41) is 5.24. The Morgan fingerprint density at radius 1 is 1.00 bits per heavy atom. The van der Waals surface area contributed by atoms with E-state index in [1.165, 1.54) is 30.1 Å². The monoisotopic (exact) mass is 476 g/mol. The van der Waals surface area contributed by atoms with Crippen molar-refractivity contribution in [2.75, 3.05) is 38.5 Å². The SMILES string of the molecule is CN(CC(=O)Nc1ccccc1C(F)(F)F)C(=O)CN1CCC(NC(=O)c2ccccc2)CC1. The Hall–Kier alpha value is -3.40. The number of hydrogen-bond acceptors (Lipinski definition) is 4. The van der Waals surface area contributed by atoms with Crippen molar-refractivity contribution in [1.82, 2.24) is 15.1 Å². The van der Waals surface area contributed by atoms with Crippen LogP contribution in [0.3, 0.4) is 0 Å². The van der Waals surface area contributed by atoms with Gasteiger partial charge in [-0.25, -0.2) is 0 Å². The molecule has 1 heterocycles. The number of nitrogens with zero attached hydrogens (tertiary/aromatic N) is 2. The molecule has 1 aliphatic rings. The molecule has 0 atom stereocenters. The van der Waals surface area contributed by atoms with Crippen LogP contribution in [0.15, 0.2) is 54.6 Å². The number of alkyl halides is 3. The number of halogens is 3. The number of piperidine rings is 1. The molecule has 7 nitrogen and oxygen atoms in total. The third-order valence-electron chi connectivity index (χ3n) is 5.63. The lowest BCUT2D eigenvalue weighted by Crippen LogP contribution is -2.48. The van der Waals surface area contributed by atoms with E-state index in [0.29, 0.717) is 31.5 Å². The number of likely N-dealkylation sites (N-methyl/N-ethyl adjacent to an activating group) is 1. The van der Waals surface area contributed by atoms with Crippen molar-refractivity contribution in [1.29, 1.82) is 0 Å². The average Bonchev–Trinajstić information content (AvgIpc) is 2.80. The Morgan fingerprint density at radius 3 is 2.26 bits per heavy atom. The topological polar surface area (TPSA) is 81.8 Å². The number of anilines is 1. The number of hydrogen-bond donors (Lipinski definition) is 2. The van der Waals surface area contributed by atoms with Crippen LogP contribution < -0.4 is 10.6 Å². The molecule has 1 aliphatic heterocycles. The second-order valence-corrected chi connectivity index (χ2v) is 8.23. The molecule has 1 fully saturated rings. The maximum absolute atomic E-state index is 13.1. The van der Waals surface area contributed by atoms with E-state index in [2.05, 4.69) is 10.6 Å². The Kier molecular flexibility index (Phi) is 8.27. The van der Waals surface area contributed by atoms with Crippen molar-refractivity contribution in [2.45, 2.75) is 25.1 Å². The van der Waals surface area contributed by atoms with Gasteiger partial charge in [-0.15, -0.1) is 0 Å². The van der Waals surface area contributed by atoms with Crippen LogP contribution in [0.4, 0.5) is 18.9 Å². The molecule has 10 heteroatoms. The smallest absolute Gasteiger partial charge is 0.349 e. The van der Waals surface area contributed by atoms with E-state index >= 15 is 0 Å². The summed E-state index contributed by atoms with van der Waals surface area (Å²) in [6.07, 6.45) is -3.23. The summed E-state index contributed by atoms with van der Waals surface area (Å²) < 4.78 is 39.3. The lowest BCUT2D eigenvalue weighted by Gasteiger charge is -2.32. The molecule has 2 aromatic carbocycles. The van der Waals surface area contributed by atoms with Crippen molar-refractivity contribution in [2.24, 2.45) is 0 Å². The van der Waals surface area contributed by atoms with Gasteiger partial charge >= 0.3 is 6.18 Å². The van der Waals surface area contributed by atoms with Crippen LogP contribution in [0.5, 0.6) is 0 Å². The normalized spacial score (nSPS) is 14.9. The molecule has 0 unspecified atom stereocenters. The quantitative estimate of drug-likeness (QED) is 0.644. The highest BCUT2D eigenvalue weighted by molar-refractivity contribution is 5.95. The van der Waals surface area contributed by atoms with E-state index in [0.717, 1.165) is 6.07 Å². The summed E-state index contributed by atoms with van der Waals surface area (Å²) in [5.41, 5.74) is -0.696. The first kappa shape index (κ1) is 25.2. The third kappa shape index (κ3) is 7.05. The molecule has 2 N–H and O–H groups in total. The second-order valence-electron chi connectivity index (χ2n) is 8.23. The van der Waals surface area contributed by atoms with Crippen molar-refractivity contribution in [3.8, 4) is 0 Å². The molecule has 0 radical (unpaired) electrons. The van der Waals surface area contributed by atoms with Crippen molar-refractivity contribution in [3.63, 3.8) is 0 Å². The fourth-order valence-electron chi connectivity index (χ4n) is 3.74. The van der Waals surface area contributed by atoms with Gasteiger partial charge in [-0.05, 0) is 37.1 Å². The number of carbonyl (C=O) groups is 3. The summed E-state index contributed by atoms with van der Waals surface area (Å²) in [5.74, 6) is -1.16. The van der Waals surface area contributed by atoms with Gasteiger partial charge in [0.05, 0.1) is 24.3 Å². The molecule has 0 spiro atoms. The molecular formula is C24H27F3N4O3. The zero-order valence-electron chi connectivity index (χ0n) is 18.8. The summed E-state index contributed by atoms with van der Waals surface area (Å²) in [6, 6.07) is 13.6. The zero-order valence-corrected chi connectivity index (χ0v) is 18.8. The number of para-hydroxylation sites is 1. The number of rotatable bonds is 7. The van der Waals surface area contributed by atoms with E-state index in [9.17, 15) is 27.6 Å². The number of likely N-dealkylation sites (tertiary alicyclic amines) is 1. The van der Waals surface area contributed by atoms with Crippen LogP contribution in [-0.4, -0.2) is 66.8 Å². The van der Waals surface area contributed by atoms with Gasteiger partial charge in [0.2, 0.25) is 11.8 Å². The molecule has 0 aliphatic carbocycles. The molecule has 3 rings (SSSR count). The Balaban J connectivity index is 1.43. The summed E-state index contributed by atoms with van der Waals surface area (Å²) >= 11 is 0. The first-order valence-corrected chi connectivity index (χ1v) is 10.9. The highest BCUT2D eigenvalue weighted by Gasteiger charge is 2.33. The predicted octanol–water partition coefficient (Wildman–Crippen LogP) is 3.00. The van der Waals surface area contributed by atoms with Gasteiger partial charge in [-0.3, -0.25) is 19.3 Å². The van der Waals surface area contributed by atoms with Gasteiger partial charge in [0, 0.05) is 31.7 Å². The van der Waals surface area contributed by atoms with Gasteiger partial charge in [0.15, 0.2) is 0 Å². The van der Waals surface area contributed by atoms with Crippen molar-refractivity contribution in [3.05, 3.63) is 65.7 Å². The van der Waals surface area contributed by atoms with Gasteiger partial charge in [0.1, 0.15) is 0 Å². The average molecular weight is 476 g/mol. The van der Waals surface area contributed by atoms with Gasteiger partial charge in [-0.1, -0.05) is 30.3 Å². The Bertz CT molecular complexity index is 1010. The van der Waals surface area contributed by atoms with Gasteiger partial charge in [-0.2, -0.15) is 13.2 Å². The van der Waals surface area contributed by atoms with Crippen LogP contribution in [0.1, 0.15) is 28.8 Å². The first-order chi connectivity index (χ1) is 16.1. The fraction of sp³-hybridized carbons (Fsp3) is 0.375. The van der Waals surface area contributed by atoms with E-state index in [1.807, 2.05) is 11.0 Å². The summed E-state index contributed by atoms with van der Waals surface area (Å²) in [7, 11) is 1.43. The van der Waals surface area contributed by atoms with E-state index < -0.39 is 17.6 Å². The lowest BCUT2D eigenvalue weighted by atomic mass is 10.0. The Morgan fingerprint density at radius 2 is 1.62 bits per heavy atom. The first-order valence-electron chi connectivity index (χ1n) is 10.9. The summed E-state index contributed by atoms with van der Waals surface area (Å²) in [4.78, 5) is 40.2. The maximum atomic E-state index is 13.1. The Labute approximate surface area is 195 Å². The molecule has 2 aromatic rings. The molecule has 34 heavy (non-hydrogen) atoms. The summed E-state index contributed by atoms with van der Waals surface area (Å²) in [6.45, 7) is 0.922. The minimum atomic E-state index is -4.60. The standard InChI is InChI=1S/C24H27F3N4O3/c1-30(15-21(32)29-20-10-6-5-9-19(20)24(25,26)27)22(33)16-31-13-11-18(12-14-31)28-23(34)17-7-3-2-4-8-17/h2-10,18H,11-16H2,1H3,(H,28,34)(H,29,32). The molecule has 182 valence electrons. The lowest BCUT2D eigenvalue weighted by molar-refractivity contribution is -0.137. The highest BCUT2D eigenvalue weighted by Crippen LogP contribution is 2.34. The van der Waals surface area contributed by atoms with Gasteiger partial charge in [0.25, 0.3) is 5.91 Å². The molecule has 1 saturated heterocycles. The molecule has 3 amide bonds. The van der Waals surface area contributed by atoms with Crippen LogP contribution in [-0.2, 0) is 15.8 Å². The fourth-order valence-corrected chi connectivity index (χ4v) is 3.74. The largest absolute Gasteiger partial charge is 0.418 e. The molecule has 0 aromatic heterocycles. The van der Waals surface area contributed by atoms with E-state index in [-0.39, 0.29) is 36.6 Å². The van der Waals surface area contributed by atoms with Crippen LogP contribution in [0.2, 0.25) is 0 Å². The van der Waals surface area contributed by atoms with Crippen molar-refractivity contribution < 1.29 is 27.6 Å². The number of nitrogens with one attached hydrogen (secondary N) is 2. The number of amides is 3. The third-order valence-corrected chi connectivity index (χ3v) is 5.63. The van der Waals surface area contributed by atoms with Gasteiger partial charge < -0.3 is 15.5 Å². The van der Waals surface area contributed by atoms with E-state index in [1.54, 1.807) is 24.3 Å².